The maximum absolute atomic E-state index is 12.6. The van der Waals surface area contributed by atoms with Crippen molar-refractivity contribution in [2.45, 2.75) is 30.0 Å². The zero-order valence-corrected chi connectivity index (χ0v) is 14.3. The van der Waals surface area contributed by atoms with Crippen molar-refractivity contribution >= 4 is 27.1 Å². The van der Waals surface area contributed by atoms with Crippen LogP contribution in [0.1, 0.15) is 18.9 Å². The zero-order valence-electron chi connectivity index (χ0n) is 13.5. The molecule has 0 aromatic heterocycles. The molecule has 0 saturated carbocycles. The molecule has 25 heavy (non-hydrogen) atoms. The van der Waals surface area contributed by atoms with Gasteiger partial charge in [0, 0.05) is 18.6 Å². The van der Waals surface area contributed by atoms with Crippen molar-refractivity contribution in [3.63, 3.8) is 0 Å². The number of para-hydroxylation sites is 1. The van der Waals surface area contributed by atoms with Gasteiger partial charge in [0.1, 0.15) is 0 Å². The summed E-state index contributed by atoms with van der Waals surface area (Å²) in [6.07, 6.45) is -0.107. The van der Waals surface area contributed by atoms with Crippen molar-refractivity contribution < 1.29 is 18.1 Å². The molecular weight excluding hydrogens is 344 g/mol. The number of benzene rings is 2. The van der Waals surface area contributed by atoms with E-state index in [1.54, 1.807) is 30.3 Å². The number of carbonyl (C=O) groups is 1. The van der Waals surface area contributed by atoms with Gasteiger partial charge in [0.2, 0.25) is 5.91 Å². The maximum Gasteiger partial charge on any atom is 0.269 e. The summed E-state index contributed by atoms with van der Waals surface area (Å²) in [6, 6.07) is 12.3. The van der Waals surface area contributed by atoms with Crippen LogP contribution in [0.4, 0.5) is 11.4 Å². The van der Waals surface area contributed by atoms with Gasteiger partial charge in [0.05, 0.1) is 27.3 Å². The fourth-order valence-electron chi connectivity index (χ4n) is 2.82. The average Bonchev–Trinajstić information content (AvgIpc) is 2.65. The molecule has 0 radical (unpaired) electrons. The highest BCUT2D eigenvalue weighted by Gasteiger charge is 2.35. The summed E-state index contributed by atoms with van der Waals surface area (Å²) < 4.78 is 25.3. The molecule has 2 aromatic rings. The second kappa shape index (κ2) is 6.29. The molecule has 0 spiro atoms. The first-order chi connectivity index (χ1) is 11.8. The number of nitro benzene ring substituents is 1. The summed E-state index contributed by atoms with van der Waals surface area (Å²) in [5, 5.41) is 9.94. The minimum atomic E-state index is -3.59. The predicted octanol–water partition coefficient (Wildman–Crippen LogP) is 2.69. The number of fused-ring (bicyclic) bond motifs is 1. The van der Waals surface area contributed by atoms with Crippen LogP contribution in [0.25, 0.3) is 0 Å². The van der Waals surface area contributed by atoms with E-state index in [9.17, 15) is 23.3 Å². The average molecular weight is 360 g/mol. The first kappa shape index (κ1) is 17.1. The van der Waals surface area contributed by atoms with Crippen molar-refractivity contribution in [3.05, 3.63) is 64.2 Å². The van der Waals surface area contributed by atoms with Gasteiger partial charge in [-0.1, -0.05) is 24.3 Å². The van der Waals surface area contributed by atoms with E-state index in [2.05, 4.69) is 0 Å². The molecule has 0 aliphatic carbocycles. The third-order valence-electron chi connectivity index (χ3n) is 4.24. The van der Waals surface area contributed by atoms with E-state index < -0.39 is 20.0 Å². The SMILES string of the molecule is C[C@H]1CC(=O)N(Cc2ccc([N+](=O)[O-])cc2)c2ccccc2S1(=O)=O. The van der Waals surface area contributed by atoms with Gasteiger partial charge in [-0.25, -0.2) is 8.42 Å². The minimum absolute atomic E-state index is 0.0393. The molecule has 1 aliphatic rings. The van der Waals surface area contributed by atoms with Crippen LogP contribution in [0.2, 0.25) is 0 Å². The number of amides is 1. The highest BCUT2D eigenvalue weighted by atomic mass is 32.2. The van der Waals surface area contributed by atoms with Gasteiger partial charge in [0.15, 0.2) is 9.84 Å². The molecule has 8 heteroatoms. The minimum Gasteiger partial charge on any atom is -0.307 e. The molecule has 1 aliphatic heterocycles. The van der Waals surface area contributed by atoms with Crippen LogP contribution in [0.5, 0.6) is 0 Å². The van der Waals surface area contributed by atoms with Gasteiger partial charge >= 0.3 is 0 Å². The summed E-state index contributed by atoms with van der Waals surface area (Å²) >= 11 is 0. The molecule has 0 unspecified atom stereocenters. The van der Waals surface area contributed by atoms with Crippen LogP contribution in [0, 0.1) is 10.1 Å². The number of non-ortho nitro benzene ring substituents is 1. The van der Waals surface area contributed by atoms with Gasteiger partial charge in [-0.3, -0.25) is 14.9 Å². The monoisotopic (exact) mass is 360 g/mol. The van der Waals surface area contributed by atoms with Crippen molar-refractivity contribution in [2.24, 2.45) is 0 Å². The second-order valence-electron chi connectivity index (χ2n) is 5.93. The van der Waals surface area contributed by atoms with Crippen LogP contribution in [0.15, 0.2) is 53.4 Å². The molecule has 3 rings (SSSR count). The fraction of sp³-hybridized carbons (Fsp3) is 0.235. The number of hydrogen-bond donors (Lipinski definition) is 0. The number of nitro groups is 1. The lowest BCUT2D eigenvalue weighted by Crippen LogP contribution is -2.31. The molecule has 1 atom stereocenters. The van der Waals surface area contributed by atoms with Crippen molar-refractivity contribution in [1.82, 2.24) is 0 Å². The molecule has 1 heterocycles. The van der Waals surface area contributed by atoms with Gasteiger partial charge in [-0.15, -0.1) is 0 Å². The van der Waals surface area contributed by atoms with E-state index in [1.165, 1.54) is 30.0 Å². The van der Waals surface area contributed by atoms with Gasteiger partial charge in [-0.2, -0.15) is 0 Å². The Labute approximate surface area is 145 Å². The van der Waals surface area contributed by atoms with E-state index in [4.69, 9.17) is 0 Å². The Kier molecular flexibility index (Phi) is 4.30. The lowest BCUT2D eigenvalue weighted by atomic mass is 10.1. The second-order valence-corrected chi connectivity index (χ2v) is 8.27. The quantitative estimate of drug-likeness (QED) is 0.619. The van der Waals surface area contributed by atoms with Crippen LogP contribution >= 0.6 is 0 Å². The molecule has 1 amide bonds. The van der Waals surface area contributed by atoms with Crippen LogP contribution in [-0.2, 0) is 21.2 Å². The lowest BCUT2D eigenvalue weighted by molar-refractivity contribution is -0.384. The van der Waals surface area contributed by atoms with Crippen LogP contribution in [-0.4, -0.2) is 24.5 Å². The van der Waals surface area contributed by atoms with E-state index in [0.717, 1.165) is 0 Å². The first-order valence-corrected chi connectivity index (χ1v) is 9.22. The molecule has 130 valence electrons. The predicted molar refractivity (Wildman–Crippen MR) is 92.0 cm³/mol. The number of sulfone groups is 1. The molecule has 0 N–H and O–H groups in total. The zero-order chi connectivity index (χ0) is 18.2. The smallest absolute Gasteiger partial charge is 0.269 e. The highest BCUT2D eigenvalue weighted by molar-refractivity contribution is 7.92. The standard InChI is InChI=1S/C17H16N2O5S/c1-12-10-17(20)18(11-13-6-8-14(9-7-13)19(21)22)15-4-2-3-5-16(15)25(12,23)24/h2-9,12H,10-11H2,1H3/t12-/m0/s1. The van der Waals surface area contributed by atoms with Crippen molar-refractivity contribution in [2.75, 3.05) is 4.90 Å². The molecule has 0 fully saturated rings. The Bertz CT molecular complexity index is 938. The maximum atomic E-state index is 12.6. The normalized spacial score (nSPS) is 19.2. The molecule has 0 saturated heterocycles. The number of nitrogens with zero attached hydrogens (tertiary/aromatic N) is 2. The molecule has 0 bridgehead atoms. The summed E-state index contributed by atoms with van der Waals surface area (Å²) in [6.45, 7) is 1.68. The first-order valence-electron chi connectivity index (χ1n) is 7.67. The fourth-order valence-corrected chi connectivity index (χ4v) is 4.35. The number of carbonyl (C=O) groups excluding carboxylic acids is 1. The Morgan fingerprint density at radius 3 is 2.44 bits per heavy atom. The van der Waals surface area contributed by atoms with Crippen molar-refractivity contribution in [3.8, 4) is 0 Å². The Morgan fingerprint density at radius 2 is 1.80 bits per heavy atom. The van der Waals surface area contributed by atoms with Crippen molar-refractivity contribution in [1.29, 1.82) is 0 Å². The third kappa shape index (κ3) is 3.12. The number of hydrogen-bond acceptors (Lipinski definition) is 5. The summed E-state index contributed by atoms with van der Waals surface area (Å²) in [4.78, 5) is 24.4. The van der Waals surface area contributed by atoms with E-state index >= 15 is 0 Å². The Hall–Kier alpha value is -2.74. The largest absolute Gasteiger partial charge is 0.307 e. The number of rotatable bonds is 3. The topological polar surface area (TPSA) is 97.6 Å². The van der Waals surface area contributed by atoms with Gasteiger partial charge in [0.25, 0.3) is 5.69 Å². The molecule has 7 nitrogen and oxygen atoms in total. The van der Waals surface area contributed by atoms with Gasteiger partial charge in [-0.05, 0) is 24.6 Å². The summed E-state index contributed by atoms with van der Waals surface area (Å²) in [5.41, 5.74) is 0.985. The van der Waals surface area contributed by atoms with Crippen LogP contribution in [0.3, 0.4) is 0 Å². The Balaban J connectivity index is 2.02. The van der Waals surface area contributed by atoms with E-state index in [1.807, 2.05) is 0 Å². The third-order valence-corrected chi connectivity index (χ3v) is 6.43. The van der Waals surface area contributed by atoms with E-state index in [-0.39, 0.29) is 29.5 Å². The summed E-state index contributed by atoms with van der Waals surface area (Å²) in [7, 11) is -3.59. The van der Waals surface area contributed by atoms with E-state index in [0.29, 0.717) is 11.3 Å². The Morgan fingerprint density at radius 1 is 1.16 bits per heavy atom. The molecular formula is C17H16N2O5S. The number of anilines is 1. The van der Waals surface area contributed by atoms with Crippen LogP contribution < -0.4 is 4.90 Å². The van der Waals surface area contributed by atoms with Gasteiger partial charge < -0.3 is 4.90 Å². The lowest BCUT2D eigenvalue weighted by Gasteiger charge is -2.22. The molecule has 2 aromatic carbocycles. The summed E-state index contributed by atoms with van der Waals surface area (Å²) in [5.74, 6) is -0.292. The highest BCUT2D eigenvalue weighted by Crippen LogP contribution is 2.34.